The van der Waals surface area contributed by atoms with E-state index in [0.717, 1.165) is 5.56 Å². The first kappa shape index (κ1) is 13.6. The van der Waals surface area contributed by atoms with E-state index in [0.29, 0.717) is 13.1 Å². The molecule has 1 amide bonds. The summed E-state index contributed by atoms with van der Waals surface area (Å²) < 4.78 is 17.9. The third-order valence-corrected chi connectivity index (χ3v) is 2.39. The normalized spacial score (nSPS) is 12.2. The summed E-state index contributed by atoms with van der Waals surface area (Å²) >= 11 is 0. The highest BCUT2D eigenvalue weighted by molar-refractivity contribution is 5.76. The van der Waals surface area contributed by atoms with Crippen LogP contribution >= 0.6 is 0 Å². The number of hydrogen-bond acceptors (Lipinski definition) is 3. The number of amides is 1. The van der Waals surface area contributed by atoms with Crippen molar-refractivity contribution in [3.05, 3.63) is 35.6 Å². The second-order valence-electron chi connectivity index (χ2n) is 3.70. The molecule has 0 heterocycles. The lowest BCUT2D eigenvalue weighted by atomic mass is 10.2. The van der Waals surface area contributed by atoms with Crippen LogP contribution in [-0.4, -0.2) is 25.7 Å². The van der Waals surface area contributed by atoms with Crippen molar-refractivity contribution in [2.24, 2.45) is 5.73 Å². The molecule has 0 radical (unpaired) electrons. The molecule has 0 aliphatic rings. The van der Waals surface area contributed by atoms with Crippen LogP contribution in [0.15, 0.2) is 24.3 Å². The van der Waals surface area contributed by atoms with Crippen molar-refractivity contribution in [1.82, 2.24) is 5.32 Å². The minimum Gasteiger partial charge on any atom is -0.380 e. The highest BCUT2D eigenvalue weighted by Crippen LogP contribution is 2.03. The van der Waals surface area contributed by atoms with E-state index < -0.39 is 0 Å². The van der Waals surface area contributed by atoms with Gasteiger partial charge in [0.25, 0.3) is 0 Å². The van der Waals surface area contributed by atoms with Gasteiger partial charge in [0, 0.05) is 20.2 Å². The monoisotopic (exact) mass is 240 g/mol. The molecule has 1 aromatic carbocycles. The molecule has 0 aromatic heterocycles. The highest BCUT2D eigenvalue weighted by atomic mass is 19.1. The van der Waals surface area contributed by atoms with Gasteiger partial charge >= 0.3 is 0 Å². The quantitative estimate of drug-likeness (QED) is 0.773. The third kappa shape index (κ3) is 4.93. The zero-order valence-electron chi connectivity index (χ0n) is 9.78. The van der Waals surface area contributed by atoms with Crippen molar-refractivity contribution in [3.63, 3.8) is 0 Å². The average molecular weight is 240 g/mol. The van der Waals surface area contributed by atoms with Crippen LogP contribution in [0.1, 0.15) is 12.0 Å². The first-order valence-electron chi connectivity index (χ1n) is 5.39. The Kier molecular flexibility index (Phi) is 5.59. The molecule has 17 heavy (non-hydrogen) atoms. The number of benzene rings is 1. The standard InChI is InChI=1S/C12H17FN2O2/c1-17-11(7-14)6-12(16)15-8-9-3-2-4-10(13)5-9/h2-5,11H,6-8,14H2,1H3,(H,15,16). The topological polar surface area (TPSA) is 64.3 Å². The first-order valence-corrected chi connectivity index (χ1v) is 5.39. The maximum Gasteiger partial charge on any atom is 0.222 e. The van der Waals surface area contributed by atoms with E-state index in [1.807, 2.05) is 0 Å². The number of methoxy groups -OCH3 is 1. The van der Waals surface area contributed by atoms with E-state index in [4.69, 9.17) is 10.5 Å². The molecule has 5 heteroatoms. The summed E-state index contributed by atoms with van der Waals surface area (Å²) in [6.07, 6.45) is -0.0648. The Balaban J connectivity index is 2.38. The van der Waals surface area contributed by atoms with Gasteiger partial charge in [-0.15, -0.1) is 0 Å². The minimum absolute atomic E-state index is 0.161. The Hall–Kier alpha value is -1.46. The molecule has 0 aliphatic carbocycles. The molecule has 0 saturated heterocycles. The van der Waals surface area contributed by atoms with Crippen LogP contribution in [0.5, 0.6) is 0 Å². The second kappa shape index (κ2) is 6.98. The van der Waals surface area contributed by atoms with Gasteiger partial charge in [0.1, 0.15) is 5.82 Å². The lowest BCUT2D eigenvalue weighted by Crippen LogP contribution is -2.31. The first-order chi connectivity index (χ1) is 8.15. The van der Waals surface area contributed by atoms with Gasteiger partial charge in [0.15, 0.2) is 0 Å². The van der Waals surface area contributed by atoms with Crippen molar-refractivity contribution < 1.29 is 13.9 Å². The Bertz CT molecular complexity index is 367. The van der Waals surface area contributed by atoms with Crippen molar-refractivity contribution in [1.29, 1.82) is 0 Å². The Labute approximate surface area is 100.0 Å². The van der Waals surface area contributed by atoms with Gasteiger partial charge in [-0.3, -0.25) is 4.79 Å². The zero-order chi connectivity index (χ0) is 12.7. The predicted octanol–water partition coefficient (Wildman–Crippen LogP) is 0.806. The van der Waals surface area contributed by atoms with E-state index >= 15 is 0 Å². The molecule has 0 saturated carbocycles. The summed E-state index contributed by atoms with van der Waals surface area (Å²) in [5, 5.41) is 2.68. The summed E-state index contributed by atoms with van der Waals surface area (Å²) in [4.78, 5) is 11.5. The summed E-state index contributed by atoms with van der Waals surface area (Å²) in [6, 6.07) is 6.10. The molecular formula is C12H17FN2O2. The maximum atomic E-state index is 12.9. The van der Waals surface area contributed by atoms with Gasteiger partial charge in [-0.25, -0.2) is 4.39 Å². The highest BCUT2D eigenvalue weighted by Gasteiger charge is 2.10. The maximum absolute atomic E-state index is 12.9. The molecule has 1 aromatic rings. The zero-order valence-corrected chi connectivity index (χ0v) is 9.78. The van der Waals surface area contributed by atoms with Gasteiger partial charge in [-0.05, 0) is 17.7 Å². The molecular weight excluding hydrogens is 223 g/mol. The number of hydrogen-bond donors (Lipinski definition) is 2. The van der Waals surface area contributed by atoms with Crippen molar-refractivity contribution >= 4 is 5.91 Å². The largest absolute Gasteiger partial charge is 0.380 e. The van der Waals surface area contributed by atoms with Crippen molar-refractivity contribution in [3.8, 4) is 0 Å². The van der Waals surface area contributed by atoms with Crippen LogP contribution in [0, 0.1) is 5.82 Å². The van der Waals surface area contributed by atoms with Crippen molar-refractivity contribution in [2.75, 3.05) is 13.7 Å². The van der Waals surface area contributed by atoms with Crippen LogP contribution < -0.4 is 11.1 Å². The molecule has 1 unspecified atom stereocenters. The van der Waals surface area contributed by atoms with Crippen LogP contribution in [-0.2, 0) is 16.1 Å². The summed E-state index contributed by atoms with van der Waals surface area (Å²) in [7, 11) is 1.51. The van der Waals surface area contributed by atoms with Crippen LogP contribution in [0.2, 0.25) is 0 Å². The Morgan fingerprint density at radius 1 is 1.59 bits per heavy atom. The van der Waals surface area contributed by atoms with Gasteiger partial charge in [0.05, 0.1) is 12.5 Å². The number of rotatable bonds is 6. The van der Waals surface area contributed by atoms with E-state index in [1.165, 1.54) is 19.2 Å². The SMILES string of the molecule is COC(CN)CC(=O)NCc1cccc(F)c1. The van der Waals surface area contributed by atoms with Gasteiger partial charge < -0.3 is 15.8 Å². The minimum atomic E-state index is -0.312. The fourth-order valence-corrected chi connectivity index (χ4v) is 1.39. The van der Waals surface area contributed by atoms with E-state index in [1.54, 1.807) is 12.1 Å². The van der Waals surface area contributed by atoms with Crippen LogP contribution in [0.4, 0.5) is 4.39 Å². The second-order valence-corrected chi connectivity index (χ2v) is 3.70. The fraction of sp³-hybridized carbons (Fsp3) is 0.417. The molecule has 0 fully saturated rings. The van der Waals surface area contributed by atoms with Gasteiger partial charge in [-0.2, -0.15) is 0 Å². The molecule has 94 valence electrons. The smallest absolute Gasteiger partial charge is 0.222 e. The summed E-state index contributed by atoms with van der Waals surface area (Å²) in [5.41, 5.74) is 6.13. The van der Waals surface area contributed by atoms with Gasteiger partial charge in [-0.1, -0.05) is 12.1 Å². The molecule has 1 atom stereocenters. The molecule has 4 nitrogen and oxygen atoms in total. The number of carbonyl (C=O) groups is 1. The average Bonchev–Trinajstić information content (AvgIpc) is 2.33. The summed E-state index contributed by atoms with van der Waals surface area (Å²) in [5.74, 6) is -0.472. The summed E-state index contributed by atoms with van der Waals surface area (Å²) in [6.45, 7) is 0.599. The number of carbonyl (C=O) groups excluding carboxylic acids is 1. The number of nitrogens with two attached hydrogens (primary N) is 1. The Morgan fingerprint density at radius 2 is 2.35 bits per heavy atom. The van der Waals surface area contributed by atoms with Gasteiger partial charge in [0.2, 0.25) is 5.91 Å². The molecule has 0 aliphatic heterocycles. The predicted molar refractivity (Wildman–Crippen MR) is 62.7 cm³/mol. The number of ether oxygens (including phenoxy) is 1. The third-order valence-electron chi connectivity index (χ3n) is 2.39. The Morgan fingerprint density at radius 3 is 2.94 bits per heavy atom. The van der Waals surface area contributed by atoms with E-state index in [-0.39, 0.29) is 24.2 Å². The molecule has 1 rings (SSSR count). The number of nitrogens with one attached hydrogen (secondary N) is 1. The van der Waals surface area contributed by atoms with Crippen molar-refractivity contribution in [2.45, 2.75) is 19.1 Å². The molecule has 0 spiro atoms. The molecule has 3 N–H and O–H groups in total. The fourth-order valence-electron chi connectivity index (χ4n) is 1.39. The lowest BCUT2D eigenvalue weighted by Gasteiger charge is -2.12. The van der Waals surface area contributed by atoms with E-state index in [9.17, 15) is 9.18 Å². The van der Waals surface area contributed by atoms with E-state index in [2.05, 4.69) is 5.32 Å². The number of halogens is 1. The lowest BCUT2D eigenvalue weighted by molar-refractivity contribution is -0.123. The van der Waals surface area contributed by atoms with Crippen LogP contribution in [0.3, 0.4) is 0 Å². The van der Waals surface area contributed by atoms with Crippen LogP contribution in [0.25, 0.3) is 0 Å². The molecule has 0 bridgehead atoms.